The molecule has 0 bridgehead atoms. The summed E-state index contributed by atoms with van der Waals surface area (Å²) in [6, 6.07) is 5.65. The quantitative estimate of drug-likeness (QED) is 0.511. The lowest BCUT2D eigenvalue weighted by molar-refractivity contribution is -0.116. The second-order valence-corrected chi connectivity index (χ2v) is 6.19. The Morgan fingerprint density at radius 3 is 2.85 bits per heavy atom. The first-order valence-electron chi connectivity index (χ1n) is 9.29. The first-order valence-corrected chi connectivity index (χ1v) is 9.29. The van der Waals surface area contributed by atoms with Gasteiger partial charge in [-0.2, -0.15) is 0 Å². The van der Waals surface area contributed by atoms with E-state index >= 15 is 0 Å². The van der Waals surface area contributed by atoms with Gasteiger partial charge in [-0.1, -0.05) is 13.0 Å². The molecule has 144 valence electrons. The highest BCUT2D eigenvalue weighted by Gasteiger charge is 2.09. The van der Waals surface area contributed by atoms with E-state index in [0.29, 0.717) is 18.9 Å². The van der Waals surface area contributed by atoms with Crippen LogP contribution in [0.1, 0.15) is 25.3 Å². The Morgan fingerprint density at radius 1 is 1.31 bits per heavy atom. The first-order chi connectivity index (χ1) is 12.7. The van der Waals surface area contributed by atoms with E-state index in [-0.39, 0.29) is 5.91 Å². The number of morpholine rings is 1. The zero-order valence-corrected chi connectivity index (χ0v) is 15.8. The summed E-state index contributed by atoms with van der Waals surface area (Å²) in [6.07, 6.45) is 5.22. The summed E-state index contributed by atoms with van der Waals surface area (Å²) in [5.74, 6) is 1.31. The van der Waals surface area contributed by atoms with Crippen molar-refractivity contribution in [2.45, 2.75) is 19.8 Å². The zero-order valence-electron chi connectivity index (χ0n) is 15.8. The zero-order chi connectivity index (χ0) is 18.6. The molecular formula is C20H30N2O4. The molecule has 0 spiro atoms. The molecule has 1 amide bonds. The summed E-state index contributed by atoms with van der Waals surface area (Å²) in [7, 11) is 1.61. The Bertz CT molecular complexity index is 583. The molecule has 2 rings (SSSR count). The van der Waals surface area contributed by atoms with Gasteiger partial charge in [0.25, 0.3) is 0 Å². The van der Waals surface area contributed by atoms with Crippen LogP contribution in [0.2, 0.25) is 0 Å². The minimum absolute atomic E-state index is 0.0859. The van der Waals surface area contributed by atoms with Gasteiger partial charge >= 0.3 is 0 Å². The molecule has 1 aliphatic rings. The molecule has 0 radical (unpaired) electrons. The number of carbonyl (C=O) groups excluding carboxylic acids is 1. The largest absolute Gasteiger partial charge is 0.493 e. The average molecular weight is 362 g/mol. The third-order valence-corrected chi connectivity index (χ3v) is 4.13. The maximum Gasteiger partial charge on any atom is 0.243 e. The van der Waals surface area contributed by atoms with Crippen molar-refractivity contribution in [1.29, 1.82) is 0 Å². The van der Waals surface area contributed by atoms with Gasteiger partial charge in [0.15, 0.2) is 11.5 Å². The molecule has 1 saturated heterocycles. The average Bonchev–Trinajstić information content (AvgIpc) is 2.69. The van der Waals surface area contributed by atoms with E-state index in [1.54, 1.807) is 19.3 Å². The highest BCUT2D eigenvalue weighted by Crippen LogP contribution is 2.28. The maximum absolute atomic E-state index is 11.9. The van der Waals surface area contributed by atoms with Crippen LogP contribution in [0, 0.1) is 0 Å². The molecular weight excluding hydrogens is 332 g/mol. The molecule has 0 saturated carbocycles. The molecule has 0 atom stereocenters. The SMILES string of the molecule is CCCOc1ccc(C=CC(=O)NCCCN2CCOCC2)cc1OC. The second-order valence-electron chi connectivity index (χ2n) is 6.19. The number of methoxy groups -OCH3 is 1. The Hall–Kier alpha value is -2.05. The van der Waals surface area contributed by atoms with Gasteiger partial charge in [0.1, 0.15) is 0 Å². The maximum atomic E-state index is 11.9. The van der Waals surface area contributed by atoms with E-state index in [0.717, 1.165) is 57.0 Å². The van der Waals surface area contributed by atoms with Crippen molar-refractivity contribution < 1.29 is 19.0 Å². The van der Waals surface area contributed by atoms with Gasteiger partial charge in [0, 0.05) is 25.7 Å². The van der Waals surface area contributed by atoms with E-state index in [2.05, 4.69) is 17.1 Å². The Morgan fingerprint density at radius 2 is 2.12 bits per heavy atom. The third-order valence-electron chi connectivity index (χ3n) is 4.13. The molecule has 1 aliphatic heterocycles. The smallest absolute Gasteiger partial charge is 0.243 e. The van der Waals surface area contributed by atoms with E-state index in [1.165, 1.54) is 0 Å². The topological polar surface area (TPSA) is 60.0 Å². The number of hydrogen-bond acceptors (Lipinski definition) is 5. The van der Waals surface area contributed by atoms with Crippen LogP contribution < -0.4 is 14.8 Å². The molecule has 6 nitrogen and oxygen atoms in total. The van der Waals surface area contributed by atoms with Crippen molar-refractivity contribution in [2.75, 3.05) is 53.1 Å². The van der Waals surface area contributed by atoms with Crippen LogP contribution in [-0.2, 0) is 9.53 Å². The number of nitrogens with zero attached hydrogens (tertiary/aromatic N) is 1. The van der Waals surface area contributed by atoms with Gasteiger partial charge in [0.05, 0.1) is 26.9 Å². The lowest BCUT2D eigenvalue weighted by Gasteiger charge is -2.26. The van der Waals surface area contributed by atoms with Crippen molar-refractivity contribution in [1.82, 2.24) is 10.2 Å². The number of ether oxygens (including phenoxy) is 3. The summed E-state index contributed by atoms with van der Waals surface area (Å²) in [6.45, 7) is 7.95. The van der Waals surface area contributed by atoms with Crippen molar-refractivity contribution in [3.63, 3.8) is 0 Å². The fourth-order valence-corrected chi connectivity index (χ4v) is 2.69. The lowest BCUT2D eigenvalue weighted by atomic mass is 10.2. The predicted octanol–water partition coefficient (Wildman–Crippen LogP) is 2.34. The van der Waals surface area contributed by atoms with Crippen molar-refractivity contribution in [2.24, 2.45) is 0 Å². The Kier molecular flexibility index (Phi) is 9.00. The monoisotopic (exact) mass is 362 g/mol. The van der Waals surface area contributed by atoms with E-state index in [1.807, 2.05) is 18.2 Å². The summed E-state index contributed by atoms with van der Waals surface area (Å²) in [5, 5.41) is 2.92. The van der Waals surface area contributed by atoms with Gasteiger partial charge in [-0.05, 0) is 43.2 Å². The Labute approximate surface area is 156 Å². The Balaban J connectivity index is 1.74. The minimum Gasteiger partial charge on any atom is -0.493 e. The van der Waals surface area contributed by atoms with Crippen molar-refractivity contribution in [3.8, 4) is 11.5 Å². The standard InChI is InChI=1S/C20H30N2O4/c1-3-13-26-18-7-5-17(16-19(18)24-2)6-8-20(23)21-9-4-10-22-11-14-25-15-12-22/h5-8,16H,3-4,9-15H2,1-2H3,(H,21,23). The van der Waals surface area contributed by atoms with Gasteiger partial charge in [-0.3, -0.25) is 9.69 Å². The summed E-state index contributed by atoms with van der Waals surface area (Å²) >= 11 is 0. The number of rotatable bonds is 10. The van der Waals surface area contributed by atoms with E-state index < -0.39 is 0 Å². The molecule has 1 N–H and O–H groups in total. The van der Waals surface area contributed by atoms with Crippen LogP contribution >= 0.6 is 0 Å². The molecule has 26 heavy (non-hydrogen) atoms. The first kappa shape index (κ1) is 20.3. The molecule has 1 aromatic rings. The number of hydrogen-bond donors (Lipinski definition) is 1. The molecule has 1 fully saturated rings. The normalized spacial score (nSPS) is 15.2. The van der Waals surface area contributed by atoms with Gasteiger partial charge in [0.2, 0.25) is 5.91 Å². The molecule has 0 unspecified atom stereocenters. The van der Waals surface area contributed by atoms with Crippen LogP contribution in [0.5, 0.6) is 11.5 Å². The highest BCUT2D eigenvalue weighted by atomic mass is 16.5. The number of amides is 1. The van der Waals surface area contributed by atoms with Gasteiger partial charge in [-0.25, -0.2) is 0 Å². The fraction of sp³-hybridized carbons (Fsp3) is 0.550. The van der Waals surface area contributed by atoms with Crippen LogP contribution in [0.4, 0.5) is 0 Å². The summed E-state index contributed by atoms with van der Waals surface area (Å²) in [5.41, 5.74) is 0.897. The minimum atomic E-state index is -0.0859. The molecule has 6 heteroatoms. The third kappa shape index (κ3) is 7.06. The van der Waals surface area contributed by atoms with Crippen LogP contribution in [0.3, 0.4) is 0 Å². The van der Waals surface area contributed by atoms with Crippen LogP contribution in [-0.4, -0.2) is 63.9 Å². The van der Waals surface area contributed by atoms with Crippen molar-refractivity contribution >= 4 is 12.0 Å². The molecule has 0 aromatic heterocycles. The lowest BCUT2D eigenvalue weighted by Crippen LogP contribution is -2.38. The van der Waals surface area contributed by atoms with Crippen molar-refractivity contribution in [3.05, 3.63) is 29.8 Å². The highest BCUT2D eigenvalue weighted by molar-refractivity contribution is 5.91. The van der Waals surface area contributed by atoms with E-state index in [4.69, 9.17) is 14.2 Å². The fourth-order valence-electron chi connectivity index (χ4n) is 2.69. The second kappa shape index (κ2) is 11.5. The molecule has 1 aromatic carbocycles. The van der Waals surface area contributed by atoms with Gasteiger partial charge < -0.3 is 19.5 Å². The number of benzene rings is 1. The van der Waals surface area contributed by atoms with Crippen LogP contribution in [0.15, 0.2) is 24.3 Å². The summed E-state index contributed by atoms with van der Waals surface area (Å²) < 4.78 is 16.3. The predicted molar refractivity (Wildman–Crippen MR) is 103 cm³/mol. The number of carbonyl (C=O) groups is 1. The molecule has 1 heterocycles. The van der Waals surface area contributed by atoms with Gasteiger partial charge in [-0.15, -0.1) is 0 Å². The molecule has 0 aliphatic carbocycles. The van der Waals surface area contributed by atoms with E-state index in [9.17, 15) is 4.79 Å². The number of nitrogens with one attached hydrogen (secondary N) is 1. The van der Waals surface area contributed by atoms with Crippen LogP contribution in [0.25, 0.3) is 6.08 Å². The summed E-state index contributed by atoms with van der Waals surface area (Å²) in [4.78, 5) is 14.3.